The molecule has 72 valence electrons. The van der Waals surface area contributed by atoms with Crippen LogP contribution < -0.4 is 16.8 Å². The van der Waals surface area contributed by atoms with Crippen LogP contribution in [0.15, 0.2) is 0 Å². The van der Waals surface area contributed by atoms with Crippen molar-refractivity contribution in [2.24, 2.45) is 11.5 Å². The van der Waals surface area contributed by atoms with Crippen molar-refractivity contribution in [1.29, 1.82) is 0 Å². The predicted molar refractivity (Wildman–Crippen MR) is 51.9 cm³/mol. The highest BCUT2D eigenvalue weighted by Crippen LogP contribution is 2.16. The first-order valence-electron chi connectivity index (χ1n) is 5.02. The van der Waals surface area contributed by atoms with Crippen molar-refractivity contribution >= 4 is 0 Å². The Morgan fingerprint density at radius 3 is 2.50 bits per heavy atom. The molecule has 0 amide bonds. The lowest BCUT2D eigenvalue weighted by molar-refractivity contribution is 0.365. The monoisotopic (exact) mass is 171 g/mol. The van der Waals surface area contributed by atoms with Crippen LogP contribution in [0.1, 0.15) is 32.1 Å². The molecular weight excluding hydrogens is 150 g/mol. The highest BCUT2D eigenvalue weighted by molar-refractivity contribution is 4.74. The van der Waals surface area contributed by atoms with Crippen molar-refractivity contribution in [3.05, 3.63) is 0 Å². The summed E-state index contributed by atoms with van der Waals surface area (Å²) in [5.41, 5.74) is 11.1. The Hall–Kier alpha value is -0.120. The number of rotatable bonds is 4. The highest BCUT2D eigenvalue weighted by Gasteiger charge is 2.12. The quantitative estimate of drug-likeness (QED) is 0.566. The average molecular weight is 171 g/mol. The van der Waals surface area contributed by atoms with Crippen LogP contribution in [0, 0.1) is 0 Å². The summed E-state index contributed by atoms with van der Waals surface area (Å²) in [5, 5.41) is 3.47. The van der Waals surface area contributed by atoms with E-state index < -0.39 is 0 Å². The van der Waals surface area contributed by atoms with E-state index in [1.165, 1.54) is 32.1 Å². The summed E-state index contributed by atoms with van der Waals surface area (Å²) in [6.07, 6.45) is 6.78. The van der Waals surface area contributed by atoms with Gasteiger partial charge in [0.05, 0.1) is 0 Å². The number of nitrogens with two attached hydrogens (primary N) is 2. The highest BCUT2D eigenvalue weighted by atomic mass is 14.9. The first-order valence-corrected chi connectivity index (χ1v) is 5.02. The van der Waals surface area contributed by atoms with Gasteiger partial charge in [0.15, 0.2) is 0 Å². The van der Waals surface area contributed by atoms with Crippen LogP contribution in [0.2, 0.25) is 0 Å². The molecular formula is C9H21N3. The van der Waals surface area contributed by atoms with Crippen LogP contribution >= 0.6 is 0 Å². The summed E-state index contributed by atoms with van der Waals surface area (Å²) in [6, 6.07) is 0.836. The predicted octanol–water partition coefficient (Wildman–Crippen LogP) is 0.195. The van der Waals surface area contributed by atoms with Crippen LogP contribution in [0.25, 0.3) is 0 Å². The minimum absolute atomic E-state index is 0.131. The molecule has 0 aromatic rings. The van der Waals surface area contributed by atoms with E-state index in [0.29, 0.717) is 12.6 Å². The van der Waals surface area contributed by atoms with E-state index in [0.717, 1.165) is 6.54 Å². The van der Waals surface area contributed by atoms with Crippen molar-refractivity contribution in [1.82, 2.24) is 5.32 Å². The lowest BCUT2D eigenvalue weighted by atomic mass is 9.95. The molecule has 3 nitrogen and oxygen atoms in total. The standard InChI is InChI=1S/C9H21N3/c10-6-8(11)7-12-9-4-2-1-3-5-9/h8-9,12H,1-7,10-11H2. The molecule has 0 aliphatic heterocycles. The molecule has 0 bridgehead atoms. The van der Waals surface area contributed by atoms with E-state index in [9.17, 15) is 0 Å². The van der Waals surface area contributed by atoms with Crippen LogP contribution in [0.5, 0.6) is 0 Å². The van der Waals surface area contributed by atoms with Crippen LogP contribution in [0.4, 0.5) is 0 Å². The molecule has 3 heteroatoms. The zero-order valence-electron chi connectivity index (χ0n) is 7.76. The minimum Gasteiger partial charge on any atom is -0.329 e. The molecule has 0 saturated heterocycles. The Labute approximate surface area is 74.9 Å². The van der Waals surface area contributed by atoms with E-state index >= 15 is 0 Å². The lowest BCUT2D eigenvalue weighted by Crippen LogP contribution is -2.44. The Kier molecular flexibility index (Phi) is 4.58. The van der Waals surface area contributed by atoms with Crippen LogP contribution in [0.3, 0.4) is 0 Å². The van der Waals surface area contributed by atoms with Gasteiger partial charge in [0.1, 0.15) is 0 Å². The van der Waals surface area contributed by atoms with Gasteiger partial charge in [-0.05, 0) is 12.8 Å². The second kappa shape index (κ2) is 5.51. The van der Waals surface area contributed by atoms with Gasteiger partial charge in [-0.2, -0.15) is 0 Å². The van der Waals surface area contributed by atoms with Gasteiger partial charge < -0.3 is 16.8 Å². The van der Waals surface area contributed by atoms with E-state index in [4.69, 9.17) is 11.5 Å². The maximum Gasteiger partial charge on any atom is 0.0290 e. The molecule has 1 aliphatic carbocycles. The molecule has 0 aromatic carbocycles. The smallest absolute Gasteiger partial charge is 0.0290 e. The van der Waals surface area contributed by atoms with Crippen molar-refractivity contribution in [3.8, 4) is 0 Å². The normalized spacial score (nSPS) is 22.5. The third kappa shape index (κ3) is 3.52. The molecule has 1 unspecified atom stereocenters. The Bertz CT molecular complexity index is 110. The van der Waals surface area contributed by atoms with Crippen molar-refractivity contribution in [3.63, 3.8) is 0 Å². The van der Waals surface area contributed by atoms with Crippen molar-refractivity contribution < 1.29 is 0 Å². The number of nitrogens with one attached hydrogen (secondary N) is 1. The average Bonchev–Trinajstić information content (AvgIpc) is 2.16. The van der Waals surface area contributed by atoms with Crippen LogP contribution in [-0.2, 0) is 0 Å². The SMILES string of the molecule is NCC(N)CNC1CCCCC1. The summed E-state index contributed by atoms with van der Waals surface area (Å²) in [6.45, 7) is 1.46. The van der Waals surface area contributed by atoms with Gasteiger partial charge >= 0.3 is 0 Å². The second-order valence-electron chi connectivity index (χ2n) is 3.74. The summed E-state index contributed by atoms with van der Waals surface area (Å²) in [7, 11) is 0. The van der Waals surface area contributed by atoms with E-state index in [1.807, 2.05) is 0 Å². The molecule has 0 heterocycles. The number of hydrogen-bond donors (Lipinski definition) is 3. The summed E-state index contributed by atoms with van der Waals surface area (Å²) in [4.78, 5) is 0. The third-order valence-corrected chi connectivity index (χ3v) is 2.58. The molecule has 1 atom stereocenters. The summed E-state index contributed by atoms with van der Waals surface area (Å²) < 4.78 is 0. The molecule has 5 N–H and O–H groups in total. The van der Waals surface area contributed by atoms with Gasteiger partial charge in [0.2, 0.25) is 0 Å². The van der Waals surface area contributed by atoms with Gasteiger partial charge in [-0.25, -0.2) is 0 Å². The fourth-order valence-corrected chi connectivity index (χ4v) is 1.71. The summed E-state index contributed by atoms with van der Waals surface area (Å²) >= 11 is 0. The Morgan fingerprint density at radius 1 is 1.25 bits per heavy atom. The first kappa shape index (κ1) is 9.96. The van der Waals surface area contributed by atoms with E-state index in [2.05, 4.69) is 5.32 Å². The summed E-state index contributed by atoms with van der Waals surface area (Å²) in [5.74, 6) is 0. The Balaban J connectivity index is 2.05. The lowest BCUT2D eigenvalue weighted by Gasteiger charge is -2.24. The maximum absolute atomic E-state index is 5.70. The first-order chi connectivity index (χ1) is 5.83. The molecule has 1 saturated carbocycles. The molecule has 1 fully saturated rings. The van der Waals surface area contributed by atoms with Gasteiger partial charge in [-0.1, -0.05) is 19.3 Å². The molecule has 0 aromatic heterocycles. The van der Waals surface area contributed by atoms with Gasteiger partial charge in [0.25, 0.3) is 0 Å². The topological polar surface area (TPSA) is 64.1 Å². The molecule has 0 radical (unpaired) electrons. The van der Waals surface area contributed by atoms with Gasteiger partial charge in [0, 0.05) is 25.2 Å². The minimum atomic E-state index is 0.131. The molecule has 1 aliphatic rings. The molecule has 1 rings (SSSR count). The van der Waals surface area contributed by atoms with Gasteiger partial charge in [-0.3, -0.25) is 0 Å². The second-order valence-corrected chi connectivity index (χ2v) is 3.74. The largest absolute Gasteiger partial charge is 0.329 e. The maximum atomic E-state index is 5.70. The van der Waals surface area contributed by atoms with Gasteiger partial charge in [-0.15, -0.1) is 0 Å². The zero-order chi connectivity index (χ0) is 8.81. The van der Waals surface area contributed by atoms with Crippen LogP contribution in [-0.4, -0.2) is 25.2 Å². The zero-order valence-corrected chi connectivity index (χ0v) is 7.76. The third-order valence-electron chi connectivity index (χ3n) is 2.58. The molecule has 0 spiro atoms. The van der Waals surface area contributed by atoms with E-state index in [1.54, 1.807) is 0 Å². The number of hydrogen-bond acceptors (Lipinski definition) is 3. The Morgan fingerprint density at radius 2 is 1.92 bits per heavy atom. The molecule has 12 heavy (non-hydrogen) atoms. The fourth-order valence-electron chi connectivity index (χ4n) is 1.71. The van der Waals surface area contributed by atoms with Crippen molar-refractivity contribution in [2.75, 3.05) is 13.1 Å². The van der Waals surface area contributed by atoms with E-state index in [-0.39, 0.29) is 6.04 Å². The fraction of sp³-hybridized carbons (Fsp3) is 1.00. The van der Waals surface area contributed by atoms with Crippen molar-refractivity contribution in [2.45, 2.75) is 44.2 Å².